The van der Waals surface area contributed by atoms with Crippen molar-refractivity contribution in [3.63, 3.8) is 0 Å². The second-order valence-corrected chi connectivity index (χ2v) is 8.27. The van der Waals surface area contributed by atoms with Crippen LogP contribution in [0.1, 0.15) is 55.7 Å². The fraction of sp³-hybridized carbons (Fsp3) is 0.440. The smallest absolute Gasteiger partial charge is 0.242 e. The number of nitrogens with one attached hydrogen (secondary N) is 1. The van der Waals surface area contributed by atoms with E-state index >= 15 is 0 Å². The highest BCUT2D eigenvalue weighted by atomic mass is 19.1. The summed E-state index contributed by atoms with van der Waals surface area (Å²) in [5.41, 5.74) is 2.80. The summed E-state index contributed by atoms with van der Waals surface area (Å²) >= 11 is 0. The van der Waals surface area contributed by atoms with Gasteiger partial charge in [-0.25, -0.2) is 4.39 Å². The van der Waals surface area contributed by atoms with E-state index in [1.807, 2.05) is 31.2 Å². The number of rotatable bonds is 7. The van der Waals surface area contributed by atoms with Crippen LogP contribution >= 0.6 is 0 Å². The minimum Gasteiger partial charge on any atom is -0.352 e. The van der Waals surface area contributed by atoms with Crippen molar-refractivity contribution >= 4 is 11.8 Å². The van der Waals surface area contributed by atoms with E-state index in [0.717, 1.165) is 42.4 Å². The first kappa shape index (κ1) is 22.0. The lowest BCUT2D eigenvalue weighted by Gasteiger charge is -2.31. The monoisotopic (exact) mass is 410 g/mol. The van der Waals surface area contributed by atoms with Crippen LogP contribution in [0.3, 0.4) is 0 Å². The Kier molecular flexibility index (Phi) is 7.61. The first-order valence-electron chi connectivity index (χ1n) is 10.8. The highest BCUT2D eigenvalue weighted by Crippen LogP contribution is 2.19. The van der Waals surface area contributed by atoms with Crippen LogP contribution in [0, 0.1) is 12.7 Å². The third kappa shape index (κ3) is 5.91. The molecule has 0 saturated heterocycles. The van der Waals surface area contributed by atoms with Gasteiger partial charge in [-0.05, 0) is 55.5 Å². The van der Waals surface area contributed by atoms with Crippen molar-refractivity contribution in [3.05, 3.63) is 71.0 Å². The van der Waals surface area contributed by atoms with Gasteiger partial charge in [0.2, 0.25) is 11.8 Å². The minimum atomic E-state index is -0.603. The third-order valence-electron chi connectivity index (χ3n) is 5.99. The molecule has 1 saturated carbocycles. The van der Waals surface area contributed by atoms with Gasteiger partial charge in [0, 0.05) is 12.6 Å². The minimum absolute atomic E-state index is 0.111. The molecule has 1 fully saturated rings. The summed E-state index contributed by atoms with van der Waals surface area (Å²) in [6, 6.07) is 13.4. The Balaban J connectivity index is 1.76. The maximum Gasteiger partial charge on any atom is 0.242 e. The normalized spacial score (nSPS) is 15.4. The van der Waals surface area contributed by atoms with Crippen LogP contribution < -0.4 is 5.32 Å². The molecule has 2 aromatic carbocycles. The maximum atomic E-state index is 13.3. The number of carbonyl (C=O) groups is 2. The highest BCUT2D eigenvalue weighted by Gasteiger charge is 2.28. The van der Waals surface area contributed by atoms with Crippen LogP contribution in [-0.2, 0) is 22.6 Å². The molecule has 0 aromatic heterocycles. The first-order chi connectivity index (χ1) is 14.4. The summed E-state index contributed by atoms with van der Waals surface area (Å²) in [5, 5.41) is 3.13. The molecule has 0 heterocycles. The number of benzene rings is 2. The molecule has 0 spiro atoms. The number of carbonyl (C=O) groups excluding carboxylic acids is 2. The van der Waals surface area contributed by atoms with Crippen LogP contribution in [0.4, 0.5) is 4.39 Å². The van der Waals surface area contributed by atoms with Gasteiger partial charge in [0.25, 0.3) is 0 Å². The highest BCUT2D eigenvalue weighted by molar-refractivity contribution is 5.88. The zero-order valence-corrected chi connectivity index (χ0v) is 17.9. The number of hydrogen-bond donors (Lipinski definition) is 1. The zero-order chi connectivity index (χ0) is 21.5. The van der Waals surface area contributed by atoms with Crippen molar-refractivity contribution in [2.45, 2.75) is 71.0 Å². The van der Waals surface area contributed by atoms with E-state index < -0.39 is 6.04 Å². The molecule has 4 nitrogen and oxygen atoms in total. The zero-order valence-electron chi connectivity index (χ0n) is 17.9. The average molecular weight is 411 g/mol. The Labute approximate surface area is 178 Å². The number of halogens is 1. The van der Waals surface area contributed by atoms with Crippen molar-refractivity contribution in [1.82, 2.24) is 10.2 Å². The van der Waals surface area contributed by atoms with E-state index in [4.69, 9.17) is 0 Å². The maximum absolute atomic E-state index is 13.3. The van der Waals surface area contributed by atoms with Crippen LogP contribution in [-0.4, -0.2) is 28.8 Å². The quantitative estimate of drug-likeness (QED) is 0.728. The van der Waals surface area contributed by atoms with Gasteiger partial charge in [-0.15, -0.1) is 0 Å². The van der Waals surface area contributed by atoms with Gasteiger partial charge in [-0.2, -0.15) is 0 Å². The fourth-order valence-corrected chi connectivity index (χ4v) is 4.01. The van der Waals surface area contributed by atoms with Crippen LogP contribution in [0.25, 0.3) is 0 Å². The lowest BCUT2D eigenvalue weighted by atomic mass is 9.95. The van der Waals surface area contributed by atoms with Gasteiger partial charge in [0.05, 0.1) is 6.42 Å². The largest absolute Gasteiger partial charge is 0.352 e. The molecule has 160 valence electrons. The number of nitrogens with zero attached hydrogens (tertiary/aromatic N) is 1. The lowest BCUT2D eigenvalue weighted by molar-refractivity contribution is -0.140. The van der Waals surface area contributed by atoms with Crippen LogP contribution in [0.15, 0.2) is 48.5 Å². The van der Waals surface area contributed by atoms with Crippen molar-refractivity contribution in [3.8, 4) is 0 Å². The number of aryl methyl sites for hydroxylation is 1. The summed E-state index contributed by atoms with van der Waals surface area (Å²) in [6.45, 7) is 4.02. The van der Waals surface area contributed by atoms with Crippen molar-refractivity contribution in [2.24, 2.45) is 0 Å². The Morgan fingerprint density at radius 3 is 2.40 bits per heavy atom. The average Bonchev–Trinajstić information content (AvgIpc) is 2.75. The molecule has 2 aromatic rings. The Morgan fingerprint density at radius 2 is 1.73 bits per heavy atom. The predicted octanol–water partition coefficient (Wildman–Crippen LogP) is 4.54. The van der Waals surface area contributed by atoms with E-state index in [1.165, 1.54) is 18.6 Å². The molecule has 1 aliphatic rings. The summed E-state index contributed by atoms with van der Waals surface area (Å²) in [5.74, 6) is -0.554. The van der Waals surface area contributed by atoms with Crippen molar-refractivity contribution in [1.29, 1.82) is 0 Å². The fourth-order valence-electron chi connectivity index (χ4n) is 4.01. The molecule has 1 atom stereocenters. The van der Waals surface area contributed by atoms with Gasteiger partial charge < -0.3 is 10.2 Å². The van der Waals surface area contributed by atoms with Crippen molar-refractivity contribution < 1.29 is 14.0 Å². The molecule has 5 heteroatoms. The predicted molar refractivity (Wildman–Crippen MR) is 116 cm³/mol. The summed E-state index contributed by atoms with van der Waals surface area (Å²) in [7, 11) is 0. The Bertz CT molecular complexity index is 860. The molecule has 3 rings (SSSR count). The third-order valence-corrected chi connectivity index (χ3v) is 5.99. The molecule has 0 unspecified atom stereocenters. The van der Waals surface area contributed by atoms with Gasteiger partial charge in [-0.1, -0.05) is 55.7 Å². The molecule has 30 heavy (non-hydrogen) atoms. The second-order valence-electron chi connectivity index (χ2n) is 8.27. The molecule has 1 N–H and O–H groups in total. The number of amides is 2. The summed E-state index contributed by atoms with van der Waals surface area (Å²) < 4.78 is 13.3. The molecular formula is C25H31FN2O2. The van der Waals surface area contributed by atoms with E-state index in [-0.39, 0.29) is 36.6 Å². The first-order valence-corrected chi connectivity index (χ1v) is 10.8. The van der Waals surface area contributed by atoms with Gasteiger partial charge in [0.1, 0.15) is 11.9 Å². The second kappa shape index (κ2) is 10.4. The topological polar surface area (TPSA) is 49.4 Å². The van der Waals surface area contributed by atoms with E-state index in [9.17, 15) is 14.0 Å². The molecule has 0 bridgehead atoms. The van der Waals surface area contributed by atoms with E-state index in [0.29, 0.717) is 0 Å². The molecule has 1 aliphatic carbocycles. The number of hydrogen-bond acceptors (Lipinski definition) is 2. The SMILES string of the molecule is Cc1ccccc1CC(=O)N(Cc1ccc(F)cc1)[C@H](C)C(=O)NC1CCCCC1. The Morgan fingerprint density at radius 1 is 1.07 bits per heavy atom. The van der Waals surface area contributed by atoms with Crippen molar-refractivity contribution in [2.75, 3.05) is 0 Å². The molecule has 2 amide bonds. The van der Waals surface area contributed by atoms with Gasteiger partial charge in [0.15, 0.2) is 0 Å². The molecule has 0 aliphatic heterocycles. The van der Waals surface area contributed by atoms with Gasteiger partial charge in [-0.3, -0.25) is 9.59 Å². The van der Waals surface area contributed by atoms with Gasteiger partial charge >= 0.3 is 0 Å². The van der Waals surface area contributed by atoms with Crippen LogP contribution in [0.5, 0.6) is 0 Å². The summed E-state index contributed by atoms with van der Waals surface area (Å²) in [6.07, 6.45) is 5.69. The standard InChI is InChI=1S/C25H31FN2O2/c1-18-8-6-7-9-21(18)16-24(29)28(17-20-12-14-22(26)15-13-20)19(2)25(30)27-23-10-4-3-5-11-23/h6-9,12-15,19,23H,3-5,10-11,16-17H2,1-2H3,(H,27,30)/t19-/m1/s1. The van der Waals surface area contributed by atoms with Crippen LogP contribution in [0.2, 0.25) is 0 Å². The molecule has 0 radical (unpaired) electrons. The lowest BCUT2D eigenvalue weighted by Crippen LogP contribution is -2.50. The molecular weight excluding hydrogens is 379 g/mol. The van der Waals surface area contributed by atoms with E-state index in [2.05, 4.69) is 5.32 Å². The summed E-state index contributed by atoms with van der Waals surface area (Å²) in [4.78, 5) is 27.8. The Hall–Kier alpha value is -2.69. The van der Waals surface area contributed by atoms with E-state index in [1.54, 1.807) is 24.0 Å².